The summed E-state index contributed by atoms with van der Waals surface area (Å²) in [6, 6.07) is 4.72. The zero-order valence-electron chi connectivity index (χ0n) is 12.2. The number of nitrogens with one attached hydrogen (secondary N) is 1. The Labute approximate surface area is 125 Å². The van der Waals surface area contributed by atoms with Crippen molar-refractivity contribution in [2.24, 2.45) is 5.41 Å². The summed E-state index contributed by atoms with van der Waals surface area (Å²) in [4.78, 5) is 16.6. The van der Waals surface area contributed by atoms with Gasteiger partial charge in [-0.15, -0.1) is 11.3 Å². The van der Waals surface area contributed by atoms with Crippen LogP contribution in [-0.4, -0.2) is 29.9 Å². The number of nitrogens with zero attached hydrogens (tertiary/aromatic N) is 1. The van der Waals surface area contributed by atoms with E-state index in [0.717, 1.165) is 38.9 Å². The van der Waals surface area contributed by atoms with Crippen LogP contribution in [0.2, 0.25) is 0 Å². The Hall–Kier alpha value is -0.870. The van der Waals surface area contributed by atoms with Gasteiger partial charge in [-0.3, -0.25) is 4.79 Å². The Balaban J connectivity index is 1.77. The van der Waals surface area contributed by atoms with Crippen LogP contribution >= 0.6 is 11.3 Å². The van der Waals surface area contributed by atoms with Gasteiger partial charge in [0.2, 0.25) is 5.91 Å². The van der Waals surface area contributed by atoms with Crippen molar-refractivity contribution in [1.29, 1.82) is 0 Å². The van der Waals surface area contributed by atoms with Crippen molar-refractivity contribution >= 4 is 17.2 Å². The van der Waals surface area contributed by atoms with Gasteiger partial charge in [-0.1, -0.05) is 19.4 Å². The van der Waals surface area contributed by atoms with Crippen LogP contribution in [0, 0.1) is 5.41 Å². The first-order chi connectivity index (χ1) is 9.75. The van der Waals surface area contributed by atoms with Crippen molar-refractivity contribution in [2.45, 2.75) is 51.6 Å². The molecule has 1 N–H and O–H groups in total. The summed E-state index contributed by atoms with van der Waals surface area (Å²) in [5.41, 5.74) is -0.130. The van der Waals surface area contributed by atoms with Gasteiger partial charge >= 0.3 is 0 Å². The molecule has 0 bridgehead atoms. The highest BCUT2D eigenvalue weighted by Crippen LogP contribution is 2.38. The Morgan fingerprint density at radius 2 is 2.40 bits per heavy atom. The van der Waals surface area contributed by atoms with E-state index in [2.05, 4.69) is 34.7 Å². The second-order valence-corrected chi connectivity index (χ2v) is 7.23. The predicted octanol–water partition coefficient (Wildman–Crippen LogP) is 3.02. The van der Waals surface area contributed by atoms with Crippen molar-refractivity contribution < 1.29 is 4.79 Å². The van der Waals surface area contributed by atoms with Crippen LogP contribution in [0.3, 0.4) is 0 Å². The average Bonchev–Trinajstić information content (AvgIpc) is 2.97. The number of carbonyl (C=O) groups is 1. The zero-order chi connectivity index (χ0) is 14.0. The first kappa shape index (κ1) is 14.1. The Kier molecular flexibility index (Phi) is 4.13. The fourth-order valence-electron chi connectivity index (χ4n) is 3.35. The van der Waals surface area contributed by atoms with Crippen LogP contribution in [0.15, 0.2) is 17.5 Å². The van der Waals surface area contributed by atoms with E-state index in [-0.39, 0.29) is 5.41 Å². The molecule has 1 atom stereocenters. The molecule has 0 radical (unpaired) electrons. The summed E-state index contributed by atoms with van der Waals surface area (Å²) < 4.78 is 0. The lowest BCUT2D eigenvalue weighted by atomic mass is 9.81. The molecule has 2 aliphatic rings. The lowest BCUT2D eigenvalue weighted by Crippen LogP contribution is -2.46. The van der Waals surface area contributed by atoms with Crippen molar-refractivity contribution in [3.05, 3.63) is 22.4 Å². The molecule has 1 aromatic heterocycles. The van der Waals surface area contributed by atoms with Gasteiger partial charge in [0.15, 0.2) is 0 Å². The smallest absolute Gasteiger partial charge is 0.230 e. The molecule has 3 rings (SSSR count). The third kappa shape index (κ3) is 2.77. The number of hydrogen-bond donors (Lipinski definition) is 1. The Morgan fingerprint density at radius 3 is 2.95 bits per heavy atom. The van der Waals surface area contributed by atoms with Crippen LogP contribution in [0.1, 0.15) is 43.9 Å². The third-order valence-electron chi connectivity index (χ3n) is 4.58. The Morgan fingerprint density at radius 1 is 1.55 bits per heavy atom. The SMILES string of the molecule is CCCC1(C(=O)N(Cc2cccs2)C2CC2)CCNC1. The highest BCUT2D eigenvalue weighted by molar-refractivity contribution is 7.09. The van der Waals surface area contributed by atoms with Gasteiger partial charge in [-0.25, -0.2) is 0 Å². The quantitative estimate of drug-likeness (QED) is 0.874. The van der Waals surface area contributed by atoms with Gasteiger partial charge in [0, 0.05) is 17.5 Å². The first-order valence-electron chi connectivity index (χ1n) is 7.79. The van der Waals surface area contributed by atoms with E-state index < -0.39 is 0 Å². The van der Waals surface area contributed by atoms with Gasteiger partial charge < -0.3 is 10.2 Å². The van der Waals surface area contributed by atoms with Crippen molar-refractivity contribution in [1.82, 2.24) is 10.2 Å². The fraction of sp³-hybridized carbons (Fsp3) is 0.688. The molecular formula is C16H24N2OS. The standard InChI is InChI=1S/C16H24N2OS/c1-2-7-16(8-9-17-12-16)15(19)18(13-5-6-13)11-14-4-3-10-20-14/h3-4,10,13,17H,2,5-9,11-12H2,1H3. The second kappa shape index (κ2) is 5.86. The number of carbonyl (C=O) groups excluding carboxylic acids is 1. The topological polar surface area (TPSA) is 32.3 Å². The molecule has 3 nitrogen and oxygen atoms in total. The van der Waals surface area contributed by atoms with Crippen LogP contribution in [0.4, 0.5) is 0 Å². The highest BCUT2D eigenvalue weighted by Gasteiger charge is 2.46. The normalized spacial score (nSPS) is 25.9. The largest absolute Gasteiger partial charge is 0.334 e. The molecule has 0 aromatic carbocycles. The summed E-state index contributed by atoms with van der Waals surface area (Å²) in [7, 11) is 0. The molecule has 2 fully saturated rings. The van der Waals surface area contributed by atoms with Crippen LogP contribution in [0.25, 0.3) is 0 Å². The van der Waals surface area contributed by atoms with Crippen molar-refractivity contribution in [3.8, 4) is 0 Å². The van der Waals surface area contributed by atoms with Crippen LogP contribution in [0.5, 0.6) is 0 Å². The molecule has 110 valence electrons. The molecule has 1 amide bonds. The van der Waals surface area contributed by atoms with Crippen molar-refractivity contribution in [2.75, 3.05) is 13.1 Å². The summed E-state index contributed by atoms with van der Waals surface area (Å²) >= 11 is 1.76. The molecule has 2 heterocycles. The first-order valence-corrected chi connectivity index (χ1v) is 8.67. The minimum atomic E-state index is -0.130. The third-order valence-corrected chi connectivity index (χ3v) is 5.44. The van der Waals surface area contributed by atoms with Gasteiger partial charge in [0.05, 0.1) is 12.0 Å². The van der Waals surface area contributed by atoms with E-state index in [1.165, 1.54) is 17.7 Å². The Bertz CT molecular complexity index is 447. The van der Waals surface area contributed by atoms with E-state index >= 15 is 0 Å². The molecule has 0 spiro atoms. The number of thiophene rings is 1. The monoisotopic (exact) mass is 292 g/mol. The maximum absolute atomic E-state index is 13.2. The molecule has 20 heavy (non-hydrogen) atoms. The maximum atomic E-state index is 13.2. The minimum Gasteiger partial charge on any atom is -0.334 e. The van der Waals surface area contributed by atoms with Crippen LogP contribution < -0.4 is 5.32 Å². The lowest BCUT2D eigenvalue weighted by Gasteiger charge is -2.34. The van der Waals surface area contributed by atoms with E-state index in [1.54, 1.807) is 11.3 Å². The number of hydrogen-bond acceptors (Lipinski definition) is 3. The predicted molar refractivity (Wildman–Crippen MR) is 82.7 cm³/mol. The average molecular weight is 292 g/mol. The molecule has 1 saturated heterocycles. The van der Waals surface area contributed by atoms with Gasteiger partial charge in [-0.2, -0.15) is 0 Å². The lowest BCUT2D eigenvalue weighted by molar-refractivity contribution is -0.143. The molecule has 1 saturated carbocycles. The summed E-state index contributed by atoms with van der Waals surface area (Å²) in [5, 5.41) is 5.51. The minimum absolute atomic E-state index is 0.130. The molecular weight excluding hydrogens is 268 g/mol. The van der Waals surface area contributed by atoms with Gasteiger partial charge in [0.1, 0.15) is 0 Å². The number of amides is 1. The molecule has 1 aliphatic carbocycles. The van der Waals surface area contributed by atoms with E-state index in [1.807, 2.05) is 0 Å². The second-order valence-electron chi connectivity index (χ2n) is 6.20. The van der Waals surface area contributed by atoms with E-state index in [0.29, 0.717) is 11.9 Å². The number of rotatable bonds is 6. The van der Waals surface area contributed by atoms with E-state index in [9.17, 15) is 4.79 Å². The zero-order valence-corrected chi connectivity index (χ0v) is 13.0. The summed E-state index contributed by atoms with van der Waals surface area (Å²) in [6.45, 7) is 4.86. The highest BCUT2D eigenvalue weighted by atomic mass is 32.1. The molecule has 1 unspecified atom stereocenters. The van der Waals surface area contributed by atoms with Gasteiger partial charge in [0.25, 0.3) is 0 Å². The van der Waals surface area contributed by atoms with Crippen LogP contribution in [-0.2, 0) is 11.3 Å². The molecule has 4 heteroatoms. The maximum Gasteiger partial charge on any atom is 0.230 e. The van der Waals surface area contributed by atoms with Crippen molar-refractivity contribution in [3.63, 3.8) is 0 Å². The molecule has 1 aromatic rings. The fourth-order valence-corrected chi connectivity index (χ4v) is 4.06. The summed E-state index contributed by atoms with van der Waals surface area (Å²) in [6.07, 6.45) is 5.49. The molecule has 1 aliphatic heterocycles. The van der Waals surface area contributed by atoms with Gasteiger partial charge in [-0.05, 0) is 43.7 Å². The van der Waals surface area contributed by atoms with E-state index in [4.69, 9.17) is 0 Å². The summed E-state index contributed by atoms with van der Waals surface area (Å²) in [5.74, 6) is 0.403.